The van der Waals surface area contributed by atoms with E-state index in [0.717, 1.165) is 28.8 Å². The summed E-state index contributed by atoms with van der Waals surface area (Å²) in [4.78, 5) is 25.1. The highest BCUT2D eigenvalue weighted by Crippen LogP contribution is 2.34. The maximum Gasteiger partial charge on any atom is 0.416 e. The van der Waals surface area contributed by atoms with Gasteiger partial charge >= 0.3 is 18.2 Å². The summed E-state index contributed by atoms with van der Waals surface area (Å²) in [6.07, 6.45) is -3.30. The molecule has 0 saturated heterocycles. The molecule has 1 aliphatic rings. The number of carbonyl (C=O) groups excluding carboxylic acids is 1. The first-order valence-electron chi connectivity index (χ1n) is 10.1. The molecule has 0 bridgehead atoms. The number of nitrogens with zero attached hydrogens (tertiary/aromatic N) is 2. The molecule has 0 aliphatic carbocycles. The molecule has 4 rings (SSSR count). The molecule has 1 N–H and O–H groups in total. The van der Waals surface area contributed by atoms with E-state index in [1.54, 1.807) is 17.7 Å². The topological polar surface area (TPSA) is 71.8 Å². The molecule has 0 saturated carbocycles. The number of hydrogen-bond donors (Lipinski definition) is 1. The summed E-state index contributed by atoms with van der Waals surface area (Å²) < 4.78 is 46.7. The van der Waals surface area contributed by atoms with E-state index in [0.29, 0.717) is 25.0 Å². The van der Waals surface area contributed by atoms with Crippen LogP contribution in [0.4, 0.5) is 18.0 Å². The quantitative estimate of drug-likeness (QED) is 0.578. The first-order chi connectivity index (χ1) is 15.2. The SMILES string of the molecule is CCOC(=O)c1cc(C(F)(F)F)cc2ccn(Cc3ccc4c(c3)CN(C(=O)O)CC4)c12. The van der Waals surface area contributed by atoms with E-state index < -0.39 is 23.8 Å². The van der Waals surface area contributed by atoms with Gasteiger partial charge in [0.25, 0.3) is 0 Å². The van der Waals surface area contributed by atoms with Gasteiger partial charge in [0, 0.05) is 31.2 Å². The van der Waals surface area contributed by atoms with Crippen LogP contribution in [0.25, 0.3) is 10.9 Å². The van der Waals surface area contributed by atoms with Gasteiger partial charge in [-0.3, -0.25) is 0 Å². The predicted molar refractivity (Wildman–Crippen MR) is 111 cm³/mol. The Morgan fingerprint density at radius 3 is 2.59 bits per heavy atom. The molecule has 1 aliphatic heterocycles. The lowest BCUT2D eigenvalue weighted by Crippen LogP contribution is -2.34. The minimum absolute atomic E-state index is 0.0438. The Labute approximate surface area is 181 Å². The molecule has 168 valence electrons. The van der Waals surface area contributed by atoms with Gasteiger partial charge in [-0.15, -0.1) is 0 Å². The summed E-state index contributed by atoms with van der Waals surface area (Å²) in [5.41, 5.74) is 2.14. The van der Waals surface area contributed by atoms with Gasteiger partial charge in [0.1, 0.15) is 0 Å². The monoisotopic (exact) mass is 446 g/mol. The Morgan fingerprint density at radius 2 is 1.91 bits per heavy atom. The Hall–Kier alpha value is -3.49. The minimum Gasteiger partial charge on any atom is -0.465 e. The largest absolute Gasteiger partial charge is 0.465 e. The predicted octanol–water partition coefficient (Wildman–Crippen LogP) is 4.92. The van der Waals surface area contributed by atoms with Gasteiger partial charge in [-0.25, -0.2) is 9.59 Å². The average Bonchev–Trinajstić information content (AvgIpc) is 3.14. The van der Waals surface area contributed by atoms with Crippen molar-refractivity contribution in [3.63, 3.8) is 0 Å². The van der Waals surface area contributed by atoms with Gasteiger partial charge in [-0.2, -0.15) is 13.2 Å². The van der Waals surface area contributed by atoms with Crippen molar-refractivity contribution < 1.29 is 32.6 Å². The highest BCUT2D eigenvalue weighted by Gasteiger charge is 2.33. The Morgan fingerprint density at radius 1 is 1.12 bits per heavy atom. The number of carbonyl (C=O) groups is 2. The molecule has 1 amide bonds. The number of rotatable bonds is 4. The lowest BCUT2D eigenvalue weighted by atomic mass is 9.97. The zero-order valence-corrected chi connectivity index (χ0v) is 17.3. The lowest BCUT2D eigenvalue weighted by Gasteiger charge is -2.26. The fourth-order valence-electron chi connectivity index (χ4n) is 4.08. The maximum absolute atomic E-state index is 13.3. The van der Waals surface area contributed by atoms with Crippen LogP contribution in [0.15, 0.2) is 42.6 Å². The third kappa shape index (κ3) is 4.15. The Kier molecular flexibility index (Phi) is 5.58. The molecule has 2 heterocycles. The molecule has 0 atom stereocenters. The third-order valence-electron chi connectivity index (χ3n) is 5.59. The van der Waals surface area contributed by atoms with Crippen molar-refractivity contribution in [3.8, 4) is 0 Å². The van der Waals surface area contributed by atoms with Crippen molar-refractivity contribution in [1.82, 2.24) is 9.47 Å². The van der Waals surface area contributed by atoms with Crippen LogP contribution in [-0.4, -0.2) is 39.8 Å². The summed E-state index contributed by atoms with van der Waals surface area (Å²) in [5, 5.41) is 9.55. The van der Waals surface area contributed by atoms with E-state index in [-0.39, 0.29) is 24.1 Å². The molecule has 0 radical (unpaired) electrons. The van der Waals surface area contributed by atoms with Crippen LogP contribution in [0, 0.1) is 0 Å². The summed E-state index contributed by atoms with van der Waals surface area (Å²) in [6.45, 7) is 2.67. The van der Waals surface area contributed by atoms with E-state index in [1.165, 1.54) is 11.0 Å². The van der Waals surface area contributed by atoms with Crippen LogP contribution in [0.2, 0.25) is 0 Å². The molecular weight excluding hydrogens is 425 g/mol. The lowest BCUT2D eigenvalue weighted by molar-refractivity contribution is -0.137. The van der Waals surface area contributed by atoms with E-state index >= 15 is 0 Å². The minimum atomic E-state index is -4.59. The van der Waals surface area contributed by atoms with Gasteiger partial charge in [-0.05, 0) is 48.2 Å². The fourth-order valence-corrected chi connectivity index (χ4v) is 4.08. The molecule has 0 unspecified atom stereocenters. The molecule has 0 fully saturated rings. The zero-order valence-electron chi connectivity index (χ0n) is 17.3. The van der Waals surface area contributed by atoms with E-state index in [1.807, 2.05) is 18.2 Å². The number of hydrogen-bond acceptors (Lipinski definition) is 3. The van der Waals surface area contributed by atoms with Gasteiger partial charge in [-0.1, -0.05) is 18.2 Å². The van der Waals surface area contributed by atoms with Crippen LogP contribution in [-0.2, 0) is 30.4 Å². The number of alkyl halides is 3. The van der Waals surface area contributed by atoms with Crippen molar-refractivity contribution in [2.75, 3.05) is 13.2 Å². The van der Waals surface area contributed by atoms with Crippen LogP contribution in [0.5, 0.6) is 0 Å². The van der Waals surface area contributed by atoms with E-state index in [2.05, 4.69) is 0 Å². The summed E-state index contributed by atoms with van der Waals surface area (Å²) >= 11 is 0. The first-order valence-corrected chi connectivity index (χ1v) is 10.1. The third-order valence-corrected chi connectivity index (χ3v) is 5.59. The van der Waals surface area contributed by atoms with Crippen molar-refractivity contribution >= 4 is 23.0 Å². The van der Waals surface area contributed by atoms with Crippen LogP contribution in [0.3, 0.4) is 0 Å². The molecule has 32 heavy (non-hydrogen) atoms. The van der Waals surface area contributed by atoms with Crippen LogP contribution >= 0.6 is 0 Å². The van der Waals surface area contributed by atoms with Crippen molar-refractivity contribution in [2.24, 2.45) is 0 Å². The number of amides is 1. The molecule has 6 nitrogen and oxygen atoms in total. The Balaban J connectivity index is 1.74. The number of aromatic nitrogens is 1. The highest BCUT2D eigenvalue weighted by molar-refractivity contribution is 6.03. The molecular formula is C23H21F3N2O4. The van der Waals surface area contributed by atoms with E-state index in [4.69, 9.17) is 4.74 Å². The average molecular weight is 446 g/mol. The molecule has 3 aromatic rings. The van der Waals surface area contributed by atoms with Gasteiger partial charge in [0.05, 0.1) is 23.3 Å². The summed E-state index contributed by atoms with van der Waals surface area (Å²) in [6, 6.07) is 9.15. The second-order valence-electron chi connectivity index (χ2n) is 7.68. The number of fused-ring (bicyclic) bond motifs is 2. The van der Waals surface area contributed by atoms with Crippen molar-refractivity contribution in [2.45, 2.75) is 32.6 Å². The smallest absolute Gasteiger partial charge is 0.416 e. The first kappa shape index (κ1) is 21.7. The fraction of sp³-hybridized carbons (Fsp3) is 0.304. The highest BCUT2D eigenvalue weighted by atomic mass is 19.4. The number of halogens is 3. The second-order valence-corrected chi connectivity index (χ2v) is 7.68. The van der Waals surface area contributed by atoms with Gasteiger partial charge < -0.3 is 19.3 Å². The number of esters is 1. The summed E-state index contributed by atoms with van der Waals surface area (Å²) in [7, 11) is 0. The maximum atomic E-state index is 13.3. The zero-order chi connectivity index (χ0) is 23.0. The van der Waals surface area contributed by atoms with Gasteiger partial charge in [0.15, 0.2) is 0 Å². The van der Waals surface area contributed by atoms with E-state index in [9.17, 15) is 27.9 Å². The molecule has 9 heteroatoms. The molecule has 2 aromatic carbocycles. The van der Waals surface area contributed by atoms with Crippen molar-refractivity contribution in [1.29, 1.82) is 0 Å². The normalized spacial score (nSPS) is 13.8. The summed E-state index contributed by atoms with van der Waals surface area (Å²) in [5.74, 6) is -0.814. The van der Waals surface area contributed by atoms with Crippen molar-refractivity contribution in [3.05, 3.63) is 70.4 Å². The Bertz CT molecular complexity index is 1200. The van der Waals surface area contributed by atoms with Gasteiger partial charge in [0.2, 0.25) is 0 Å². The molecule has 1 aromatic heterocycles. The van der Waals surface area contributed by atoms with Crippen LogP contribution in [0.1, 0.15) is 39.5 Å². The number of benzene rings is 2. The number of carboxylic acid groups (broad SMARTS) is 1. The molecule has 0 spiro atoms. The standard InChI is InChI=1S/C23H21F3N2O4/c1-2-32-21(29)19-11-18(23(24,25)26)10-16-6-7-27(20(16)19)12-14-3-4-15-5-8-28(22(30)31)13-17(15)9-14/h3-4,6-7,9-11H,2,5,8,12-13H2,1H3,(H,30,31). The number of ether oxygens (including phenoxy) is 1. The van der Waals surface area contributed by atoms with Crippen LogP contribution < -0.4 is 0 Å². The second kappa shape index (κ2) is 8.22.